The van der Waals surface area contributed by atoms with E-state index in [1.807, 2.05) is 6.92 Å². The van der Waals surface area contributed by atoms with Crippen LogP contribution in [-0.4, -0.2) is 44.2 Å². The summed E-state index contributed by atoms with van der Waals surface area (Å²) in [6.45, 7) is 2.41. The SMILES string of the molecule is CCCCN(C)S(=O)(=O)c1ccc(NC(=O)c2ccc(NC)c([N+](=O)[O-])c2)cc1. The Labute approximate surface area is 169 Å². The van der Waals surface area contributed by atoms with Crippen molar-refractivity contribution in [3.8, 4) is 0 Å². The fraction of sp³-hybridized carbons (Fsp3) is 0.316. The second-order valence-corrected chi connectivity index (χ2v) is 8.44. The fourth-order valence-corrected chi connectivity index (χ4v) is 3.84. The maximum absolute atomic E-state index is 12.5. The third-order valence-electron chi connectivity index (χ3n) is 4.37. The number of sulfonamides is 1. The summed E-state index contributed by atoms with van der Waals surface area (Å²) in [6, 6.07) is 9.90. The van der Waals surface area contributed by atoms with Crippen LogP contribution < -0.4 is 10.6 Å². The first-order chi connectivity index (χ1) is 13.7. The first-order valence-electron chi connectivity index (χ1n) is 9.04. The average Bonchev–Trinajstić information content (AvgIpc) is 2.71. The highest BCUT2D eigenvalue weighted by molar-refractivity contribution is 7.89. The second-order valence-electron chi connectivity index (χ2n) is 6.40. The number of nitrogens with one attached hydrogen (secondary N) is 2. The lowest BCUT2D eigenvalue weighted by Crippen LogP contribution is -2.27. The normalized spacial score (nSPS) is 11.3. The topological polar surface area (TPSA) is 122 Å². The van der Waals surface area contributed by atoms with Crippen LogP contribution in [0.3, 0.4) is 0 Å². The quantitative estimate of drug-likeness (QED) is 0.474. The number of nitro groups is 1. The maximum Gasteiger partial charge on any atom is 0.293 e. The molecule has 0 atom stereocenters. The third-order valence-corrected chi connectivity index (χ3v) is 6.24. The van der Waals surface area contributed by atoms with Crippen LogP contribution in [0.1, 0.15) is 30.1 Å². The van der Waals surface area contributed by atoms with Crippen molar-refractivity contribution in [2.24, 2.45) is 0 Å². The molecule has 10 heteroatoms. The van der Waals surface area contributed by atoms with E-state index in [1.165, 1.54) is 53.8 Å². The van der Waals surface area contributed by atoms with Gasteiger partial charge in [-0.15, -0.1) is 0 Å². The Morgan fingerprint density at radius 2 is 1.83 bits per heavy atom. The number of hydrogen-bond donors (Lipinski definition) is 2. The van der Waals surface area contributed by atoms with E-state index in [0.717, 1.165) is 12.8 Å². The number of nitrogens with zero attached hydrogens (tertiary/aromatic N) is 2. The summed E-state index contributed by atoms with van der Waals surface area (Å²) in [5.74, 6) is -0.536. The molecule has 0 aliphatic heterocycles. The van der Waals surface area contributed by atoms with Gasteiger partial charge in [0.15, 0.2) is 0 Å². The lowest BCUT2D eigenvalue weighted by molar-refractivity contribution is -0.384. The van der Waals surface area contributed by atoms with E-state index in [2.05, 4.69) is 10.6 Å². The van der Waals surface area contributed by atoms with Gasteiger partial charge in [0.2, 0.25) is 10.0 Å². The van der Waals surface area contributed by atoms with Crippen molar-refractivity contribution < 1.29 is 18.1 Å². The number of carbonyl (C=O) groups is 1. The predicted octanol–water partition coefficient (Wildman–Crippen LogP) is 3.31. The number of benzene rings is 2. The molecule has 0 saturated heterocycles. The number of amides is 1. The van der Waals surface area contributed by atoms with Crippen molar-refractivity contribution in [1.29, 1.82) is 0 Å². The van der Waals surface area contributed by atoms with Gasteiger partial charge >= 0.3 is 0 Å². The Morgan fingerprint density at radius 1 is 1.17 bits per heavy atom. The van der Waals surface area contributed by atoms with Gasteiger partial charge in [-0.05, 0) is 42.8 Å². The Morgan fingerprint density at radius 3 is 2.38 bits per heavy atom. The zero-order valence-corrected chi connectivity index (χ0v) is 17.3. The summed E-state index contributed by atoms with van der Waals surface area (Å²) in [7, 11) is -0.510. The van der Waals surface area contributed by atoms with Gasteiger partial charge in [-0.25, -0.2) is 12.7 Å². The minimum atomic E-state index is -3.59. The van der Waals surface area contributed by atoms with E-state index >= 15 is 0 Å². The number of hydrogen-bond acceptors (Lipinski definition) is 6. The van der Waals surface area contributed by atoms with Crippen LogP contribution in [0.25, 0.3) is 0 Å². The molecule has 9 nitrogen and oxygen atoms in total. The molecule has 0 aliphatic carbocycles. The molecule has 0 heterocycles. The van der Waals surface area contributed by atoms with Crippen molar-refractivity contribution in [2.45, 2.75) is 24.7 Å². The van der Waals surface area contributed by atoms with Gasteiger partial charge < -0.3 is 10.6 Å². The lowest BCUT2D eigenvalue weighted by atomic mass is 10.1. The van der Waals surface area contributed by atoms with Crippen LogP contribution in [0, 0.1) is 10.1 Å². The maximum atomic E-state index is 12.5. The predicted molar refractivity (Wildman–Crippen MR) is 112 cm³/mol. The van der Waals surface area contributed by atoms with E-state index < -0.39 is 20.9 Å². The molecule has 0 aromatic heterocycles. The Balaban J connectivity index is 2.16. The molecule has 0 bridgehead atoms. The van der Waals surface area contributed by atoms with Crippen LogP contribution in [-0.2, 0) is 10.0 Å². The van der Waals surface area contributed by atoms with Gasteiger partial charge in [0.25, 0.3) is 11.6 Å². The number of unbranched alkanes of at least 4 members (excludes halogenated alkanes) is 1. The summed E-state index contributed by atoms with van der Waals surface area (Å²) in [6.07, 6.45) is 1.65. The Bertz CT molecular complexity index is 990. The molecule has 0 aliphatic rings. The zero-order chi connectivity index (χ0) is 21.6. The standard InChI is InChI=1S/C19H24N4O5S/c1-4-5-12-22(3)29(27,28)16-9-7-15(8-10-16)21-19(24)14-6-11-17(20-2)18(13-14)23(25)26/h6-11,13,20H,4-5,12H2,1-3H3,(H,21,24). The highest BCUT2D eigenvalue weighted by Crippen LogP contribution is 2.25. The molecule has 0 saturated carbocycles. The average molecular weight is 420 g/mol. The molecular formula is C19H24N4O5S. The van der Waals surface area contributed by atoms with Crippen molar-refractivity contribution >= 4 is 33.0 Å². The monoisotopic (exact) mass is 420 g/mol. The summed E-state index contributed by atoms with van der Waals surface area (Å²) in [5.41, 5.74) is 0.585. The van der Waals surface area contributed by atoms with Gasteiger partial charge in [-0.3, -0.25) is 14.9 Å². The molecule has 0 radical (unpaired) electrons. The minimum Gasteiger partial charge on any atom is -0.383 e. The molecule has 2 aromatic rings. The van der Waals surface area contributed by atoms with Gasteiger partial charge in [-0.1, -0.05) is 13.3 Å². The molecule has 2 rings (SSSR count). The van der Waals surface area contributed by atoms with E-state index in [9.17, 15) is 23.3 Å². The summed E-state index contributed by atoms with van der Waals surface area (Å²) in [4.78, 5) is 23.1. The van der Waals surface area contributed by atoms with Crippen molar-refractivity contribution in [2.75, 3.05) is 31.3 Å². The first-order valence-corrected chi connectivity index (χ1v) is 10.5. The third kappa shape index (κ3) is 5.30. The molecular weight excluding hydrogens is 396 g/mol. The van der Waals surface area contributed by atoms with E-state index in [1.54, 1.807) is 7.05 Å². The number of rotatable bonds is 9. The van der Waals surface area contributed by atoms with Gasteiger partial charge in [-0.2, -0.15) is 0 Å². The van der Waals surface area contributed by atoms with E-state index in [-0.39, 0.29) is 16.1 Å². The number of nitro benzene ring substituents is 1. The van der Waals surface area contributed by atoms with Crippen LogP contribution in [0.15, 0.2) is 47.4 Å². The molecule has 156 valence electrons. The van der Waals surface area contributed by atoms with Gasteiger partial charge in [0.05, 0.1) is 9.82 Å². The van der Waals surface area contributed by atoms with Gasteiger partial charge in [0.1, 0.15) is 5.69 Å². The highest BCUT2D eigenvalue weighted by Gasteiger charge is 2.20. The smallest absolute Gasteiger partial charge is 0.293 e. The Kier molecular flexibility index (Phi) is 7.29. The molecule has 0 unspecified atom stereocenters. The Hall–Kier alpha value is -2.98. The summed E-state index contributed by atoms with van der Waals surface area (Å²) in [5, 5.41) is 16.5. The fourth-order valence-electron chi connectivity index (χ4n) is 2.63. The molecule has 2 aromatic carbocycles. The minimum absolute atomic E-state index is 0.117. The molecule has 0 fully saturated rings. The first kappa shape index (κ1) is 22.3. The van der Waals surface area contributed by atoms with Crippen molar-refractivity contribution in [3.63, 3.8) is 0 Å². The van der Waals surface area contributed by atoms with Crippen molar-refractivity contribution in [1.82, 2.24) is 4.31 Å². The summed E-state index contributed by atoms with van der Waals surface area (Å²) >= 11 is 0. The summed E-state index contributed by atoms with van der Waals surface area (Å²) < 4.78 is 26.3. The van der Waals surface area contributed by atoms with Crippen LogP contribution in [0.5, 0.6) is 0 Å². The van der Waals surface area contributed by atoms with Crippen LogP contribution in [0.2, 0.25) is 0 Å². The number of anilines is 2. The molecule has 0 spiro atoms. The van der Waals surface area contributed by atoms with Crippen molar-refractivity contribution in [3.05, 3.63) is 58.1 Å². The zero-order valence-electron chi connectivity index (χ0n) is 16.5. The van der Waals surface area contributed by atoms with Gasteiger partial charge in [0, 0.05) is 38.0 Å². The van der Waals surface area contributed by atoms with Crippen LogP contribution in [0.4, 0.5) is 17.1 Å². The molecule has 2 N–H and O–H groups in total. The lowest BCUT2D eigenvalue weighted by Gasteiger charge is -2.17. The molecule has 29 heavy (non-hydrogen) atoms. The molecule has 1 amide bonds. The van der Waals surface area contributed by atoms with E-state index in [4.69, 9.17) is 0 Å². The second kappa shape index (κ2) is 9.48. The van der Waals surface area contributed by atoms with Crippen LogP contribution >= 0.6 is 0 Å². The number of carbonyl (C=O) groups excluding carboxylic acids is 1. The van der Waals surface area contributed by atoms with E-state index in [0.29, 0.717) is 17.9 Å². The highest BCUT2D eigenvalue weighted by atomic mass is 32.2. The largest absolute Gasteiger partial charge is 0.383 e.